The molecule has 0 spiro atoms. The highest BCUT2D eigenvalue weighted by Crippen LogP contribution is 2.35. The van der Waals surface area contributed by atoms with E-state index in [1.165, 1.54) is 13.3 Å². The van der Waals surface area contributed by atoms with Gasteiger partial charge in [0, 0.05) is 5.69 Å². The number of carbonyl (C=O) groups excluding carboxylic acids is 1. The molecule has 7 heteroatoms. The summed E-state index contributed by atoms with van der Waals surface area (Å²) in [6.07, 6.45) is 1.48. The van der Waals surface area contributed by atoms with Crippen molar-refractivity contribution in [1.82, 2.24) is 5.43 Å². The highest BCUT2D eigenvalue weighted by atomic mass is 35.5. The van der Waals surface area contributed by atoms with Crippen molar-refractivity contribution in [2.45, 2.75) is 13.8 Å². The maximum atomic E-state index is 11.9. The second kappa shape index (κ2) is 8.94. The van der Waals surface area contributed by atoms with E-state index in [4.69, 9.17) is 21.1 Å². The first-order chi connectivity index (χ1) is 12.0. The highest BCUT2D eigenvalue weighted by molar-refractivity contribution is 6.32. The maximum absolute atomic E-state index is 11.9. The molecule has 2 amide bonds. The van der Waals surface area contributed by atoms with Gasteiger partial charge in [-0.05, 0) is 43.2 Å². The number of hydrogen-bond donors (Lipinski definition) is 2. The molecule has 25 heavy (non-hydrogen) atoms. The van der Waals surface area contributed by atoms with Crippen LogP contribution in [0.3, 0.4) is 0 Å². The summed E-state index contributed by atoms with van der Waals surface area (Å²) in [5.74, 6) is 0.981. The Labute approximate surface area is 151 Å². The SMILES string of the molecule is CCOc1cc(C=NNC(=O)Nc2ccccc2C)cc(Cl)c1OC. The van der Waals surface area contributed by atoms with Crippen LogP contribution in [0, 0.1) is 6.92 Å². The van der Waals surface area contributed by atoms with E-state index < -0.39 is 6.03 Å². The molecule has 2 N–H and O–H groups in total. The molecule has 132 valence electrons. The largest absolute Gasteiger partial charge is 0.491 e. The van der Waals surface area contributed by atoms with Gasteiger partial charge in [0.2, 0.25) is 0 Å². The third kappa shape index (κ3) is 5.12. The van der Waals surface area contributed by atoms with Crippen molar-refractivity contribution in [3.63, 3.8) is 0 Å². The molecule has 0 saturated carbocycles. The number of hydrazone groups is 1. The number of carbonyl (C=O) groups is 1. The average Bonchev–Trinajstić information content (AvgIpc) is 2.57. The zero-order chi connectivity index (χ0) is 18.2. The molecule has 0 aromatic heterocycles. The Kier molecular flexibility index (Phi) is 6.65. The summed E-state index contributed by atoms with van der Waals surface area (Å²) in [6, 6.07) is 10.5. The van der Waals surface area contributed by atoms with Crippen LogP contribution in [0.1, 0.15) is 18.1 Å². The molecule has 0 aliphatic carbocycles. The highest BCUT2D eigenvalue weighted by Gasteiger charge is 2.10. The summed E-state index contributed by atoms with van der Waals surface area (Å²) in [6.45, 7) is 4.25. The molecule has 0 heterocycles. The predicted octanol–water partition coefficient (Wildman–Crippen LogP) is 4.21. The minimum atomic E-state index is -0.435. The number of nitrogens with zero attached hydrogens (tertiary/aromatic N) is 1. The van der Waals surface area contributed by atoms with Crippen molar-refractivity contribution in [1.29, 1.82) is 0 Å². The number of nitrogens with one attached hydrogen (secondary N) is 2. The van der Waals surface area contributed by atoms with Gasteiger partial charge < -0.3 is 14.8 Å². The van der Waals surface area contributed by atoms with Gasteiger partial charge in [-0.15, -0.1) is 0 Å². The second-order valence-corrected chi connectivity index (χ2v) is 5.51. The molecule has 0 atom stereocenters. The van der Waals surface area contributed by atoms with E-state index in [9.17, 15) is 4.79 Å². The van der Waals surface area contributed by atoms with Crippen LogP contribution in [0.5, 0.6) is 11.5 Å². The number of ether oxygens (including phenoxy) is 2. The van der Waals surface area contributed by atoms with Gasteiger partial charge in [-0.2, -0.15) is 5.10 Å². The summed E-state index contributed by atoms with van der Waals surface area (Å²) >= 11 is 6.17. The monoisotopic (exact) mass is 361 g/mol. The number of para-hydroxylation sites is 1. The number of aryl methyl sites for hydroxylation is 1. The molecule has 0 radical (unpaired) electrons. The van der Waals surface area contributed by atoms with Crippen molar-refractivity contribution in [2.75, 3.05) is 19.0 Å². The van der Waals surface area contributed by atoms with E-state index in [1.54, 1.807) is 12.1 Å². The van der Waals surface area contributed by atoms with Crippen LogP contribution in [0.15, 0.2) is 41.5 Å². The van der Waals surface area contributed by atoms with E-state index in [-0.39, 0.29) is 0 Å². The lowest BCUT2D eigenvalue weighted by molar-refractivity contribution is 0.252. The van der Waals surface area contributed by atoms with Crippen LogP contribution in [-0.4, -0.2) is 26.0 Å². The number of rotatable bonds is 6. The normalized spacial score (nSPS) is 10.6. The number of amides is 2. The van der Waals surface area contributed by atoms with Gasteiger partial charge >= 0.3 is 6.03 Å². The molecule has 0 saturated heterocycles. The molecular weight excluding hydrogens is 342 g/mol. The fraction of sp³-hybridized carbons (Fsp3) is 0.222. The van der Waals surface area contributed by atoms with Crippen LogP contribution >= 0.6 is 11.6 Å². The van der Waals surface area contributed by atoms with Crippen LogP contribution < -0.4 is 20.2 Å². The number of urea groups is 1. The minimum Gasteiger partial charge on any atom is -0.491 e. The first-order valence-electron chi connectivity index (χ1n) is 7.71. The topological polar surface area (TPSA) is 72.0 Å². The molecule has 2 aromatic carbocycles. The summed E-state index contributed by atoms with van der Waals surface area (Å²) in [7, 11) is 1.52. The Hall–Kier alpha value is -2.73. The first kappa shape index (κ1) is 18.6. The van der Waals surface area contributed by atoms with Gasteiger partial charge in [0.25, 0.3) is 0 Å². The summed E-state index contributed by atoms with van der Waals surface area (Å²) in [5.41, 5.74) is 4.77. The lowest BCUT2D eigenvalue weighted by Crippen LogP contribution is -2.24. The molecule has 2 aromatic rings. The smallest absolute Gasteiger partial charge is 0.339 e. The van der Waals surface area contributed by atoms with Crippen molar-refractivity contribution in [3.05, 3.63) is 52.5 Å². The Morgan fingerprint density at radius 1 is 1.32 bits per heavy atom. The van der Waals surface area contributed by atoms with Crippen LogP contribution in [0.25, 0.3) is 0 Å². The molecule has 0 bridgehead atoms. The zero-order valence-corrected chi connectivity index (χ0v) is 15.1. The average molecular weight is 362 g/mol. The zero-order valence-electron chi connectivity index (χ0n) is 14.3. The van der Waals surface area contributed by atoms with Crippen molar-refractivity contribution in [2.24, 2.45) is 5.10 Å². The van der Waals surface area contributed by atoms with Gasteiger partial charge in [-0.25, -0.2) is 10.2 Å². The van der Waals surface area contributed by atoms with Crippen molar-refractivity contribution < 1.29 is 14.3 Å². The maximum Gasteiger partial charge on any atom is 0.339 e. The Balaban J connectivity index is 2.04. The van der Waals surface area contributed by atoms with E-state index >= 15 is 0 Å². The second-order valence-electron chi connectivity index (χ2n) is 5.11. The molecule has 0 unspecified atom stereocenters. The molecule has 0 fully saturated rings. The molecule has 0 aliphatic rings. The van der Waals surface area contributed by atoms with E-state index in [2.05, 4.69) is 15.8 Å². The number of hydrogen-bond acceptors (Lipinski definition) is 4. The lowest BCUT2D eigenvalue weighted by atomic mass is 10.2. The van der Waals surface area contributed by atoms with E-state index in [0.717, 1.165) is 11.3 Å². The van der Waals surface area contributed by atoms with E-state index in [1.807, 2.05) is 38.1 Å². The Morgan fingerprint density at radius 2 is 2.08 bits per heavy atom. The number of methoxy groups -OCH3 is 1. The van der Waals surface area contributed by atoms with Crippen LogP contribution in [-0.2, 0) is 0 Å². The first-order valence-corrected chi connectivity index (χ1v) is 8.09. The van der Waals surface area contributed by atoms with Gasteiger partial charge in [-0.3, -0.25) is 0 Å². The van der Waals surface area contributed by atoms with Crippen molar-refractivity contribution >= 4 is 29.5 Å². The van der Waals surface area contributed by atoms with Crippen LogP contribution in [0.2, 0.25) is 5.02 Å². The Morgan fingerprint density at radius 3 is 2.76 bits per heavy atom. The summed E-state index contributed by atoms with van der Waals surface area (Å²) in [5, 5.41) is 7.05. The standard InChI is InChI=1S/C18H20ClN3O3/c1-4-25-16-10-13(9-14(19)17(16)24-3)11-20-22-18(23)21-15-8-6-5-7-12(15)2/h5-11H,4H2,1-3H3,(H2,21,22,23). The number of halogens is 1. The number of benzene rings is 2. The fourth-order valence-electron chi connectivity index (χ4n) is 2.15. The molecule has 6 nitrogen and oxygen atoms in total. The molecule has 2 rings (SSSR count). The number of anilines is 1. The minimum absolute atomic E-state index is 0.402. The van der Waals surface area contributed by atoms with Crippen molar-refractivity contribution in [3.8, 4) is 11.5 Å². The molecule has 0 aliphatic heterocycles. The third-order valence-electron chi connectivity index (χ3n) is 3.31. The van der Waals surface area contributed by atoms with Gasteiger partial charge in [-0.1, -0.05) is 29.8 Å². The Bertz CT molecular complexity index is 778. The van der Waals surface area contributed by atoms with E-state index in [0.29, 0.717) is 28.7 Å². The van der Waals surface area contributed by atoms with Gasteiger partial charge in [0.05, 0.1) is 25.0 Å². The van der Waals surface area contributed by atoms with Gasteiger partial charge in [0.1, 0.15) is 0 Å². The third-order valence-corrected chi connectivity index (χ3v) is 3.59. The fourth-order valence-corrected chi connectivity index (χ4v) is 2.45. The lowest BCUT2D eigenvalue weighted by Gasteiger charge is -2.11. The summed E-state index contributed by atoms with van der Waals surface area (Å²) in [4.78, 5) is 11.9. The summed E-state index contributed by atoms with van der Waals surface area (Å²) < 4.78 is 10.7. The quantitative estimate of drug-likeness (QED) is 0.598. The molecular formula is C18H20ClN3O3. The predicted molar refractivity (Wildman–Crippen MR) is 100 cm³/mol. The van der Waals surface area contributed by atoms with Gasteiger partial charge in [0.15, 0.2) is 11.5 Å². The van der Waals surface area contributed by atoms with Crippen LogP contribution in [0.4, 0.5) is 10.5 Å².